The zero-order chi connectivity index (χ0) is 58.5. The second kappa shape index (κ2) is 25.5. The van der Waals surface area contributed by atoms with Crippen LogP contribution in [0.15, 0.2) is 117 Å². The maximum absolute atomic E-state index is 14.4. The van der Waals surface area contributed by atoms with Gasteiger partial charge in [0.15, 0.2) is 8.32 Å². The predicted octanol–water partition coefficient (Wildman–Crippen LogP) is 12.1. The van der Waals surface area contributed by atoms with Crippen LogP contribution in [0.3, 0.4) is 0 Å². The van der Waals surface area contributed by atoms with Gasteiger partial charge < -0.3 is 24.3 Å². The maximum Gasteiger partial charge on any atom is 0.501 e. The molecule has 0 aromatic heterocycles. The third-order valence-electron chi connectivity index (χ3n) is 15.6. The Morgan fingerprint density at radius 3 is 2.04 bits per heavy atom. The lowest BCUT2D eigenvalue weighted by Crippen LogP contribution is -2.50. The molecule has 2 amide bonds. The van der Waals surface area contributed by atoms with Gasteiger partial charge in [-0.2, -0.15) is 13.2 Å². The number of anilines is 2. The number of sulfone groups is 1. The number of halogens is 4. The molecule has 2 heterocycles. The predicted molar refractivity (Wildman–Crippen MR) is 316 cm³/mol. The van der Waals surface area contributed by atoms with E-state index in [4.69, 9.17) is 20.8 Å². The Morgan fingerprint density at radius 2 is 1.44 bits per heavy atom. The van der Waals surface area contributed by atoms with Gasteiger partial charge in [0, 0.05) is 105 Å². The van der Waals surface area contributed by atoms with Gasteiger partial charge in [-0.15, -0.1) is 11.8 Å². The molecule has 0 unspecified atom stereocenters. The van der Waals surface area contributed by atoms with Crippen LogP contribution in [0.25, 0.3) is 5.57 Å². The van der Waals surface area contributed by atoms with E-state index in [1.165, 1.54) is 40.6 Å². The Kier molecular flexibility index (Phi) is 20.1. The largest absolute Gasteiger partial charge is 0.501 e. The van der Waals surface area contributed by atoms with Crippen molar-refractivity contribution in [2.45, 2.75) is 124 Å². The van der Waals surface area contributed by atoms with Gasteiger partial charge in [-0.05, 0) is 148 Å². The van der Waals surface area contributed by atoms with Gasteiger partial charge >= 0.3 is 11.6 Å². The number of ether oxygens (including phenoxy) is 1. The number of rotatable bonds is 19. The fourth-order valence-corrected chi connectivity index (χ4v) is 14.0. The van der Waals surface area contributed by atoms with Gasteiger partial charge in [0.2, 0.25) is 0 Å². The minimum absolute atomic E-state index is 0.00603. The highest BCUT2D eigenvalue weighted by atomic mass is 35.5. The lowest BCUT2D eigenvalue weighted by Gasteiger charge is -2.43. The minimum Gasteiger partial charge on any atom is -0.444 e. The second-order valence-corrected chi connectivity index (χ2v) is 34.0. The molecule has 0 spiro atoms. The molecule has 2 atom stereocenters. The number of hydrogen-bond donors (Lipinski definition) is 2. The molecule has 4 aromatic rings. The number of allylic oxidation sites excluding steroid dienone is 1. The average Bonchev–Trinajstić information content (AvgIpc) is 3.54. The lowest BCUT2D eigenvalue weighted by molar-refractivity contribution is -0.0436. The van der Waals surface area contributed by atoms with Crippen molar-refractivity contribution < 1.29 is 48.8 Å². The average molecular weight is 1200 g/mol. The summed E-state index contributed by atoms with van der Waals surface area (Å²) >= 11 is 7.72. The summed E-state index contributed by atoms with van der Waals surface area (Å²) in [6.45, 7) is 25.8. The third kappa shape index (κ3) is 16.6. The number of benzene rings is 4. The summed E-state index contributed by atoms with van der Waals surface area (Å²) in [6, 6.07) is 25.6. The van der Waals surface area contributed by atoms with E-state index in [1.807, 2.05) is 47.2 Å². The first-order chi connectivity index (χ1) is 37.3. The molecular weight excluding hydrogens is 1130 g/mol. The Labute approximate surface area is 482 Å². The lowest BCUT2D eigenvalue weighted by atomic mass is 9.72. The number of sulfonamides is 1. The van der Waals surface area contributed by atoms with Crippen molar-refractivity contribution >= 4 is 80.5 Å². The molecule has 2 saturated heterocycles. The Hall–Kier alpha value is -4.61. The van der Waals surface area contributed by atoms with Crippen molar-refractivity contribution in [2.75, 3.05) is 88.0 Å². The van der Waals surface area contributed by atoms with Crippen molar-refractivity contribution in [3.05, 3.63) is 119 Å². The highest BCUT2D eigenvalue weighted by molar-refractivity contribution is 7.99. The Bertz CT molecular complexity index is 3050. The van der Waals surface area contributed by atoms with Crippen LogP contribution in [0.4, 0.5) is 29.3 Å². The number of alkyl halides is 3. The van der Waals surface area contributed by atoms with Gasteiger partial charge in [0.1, 0.15) is 10.5 Å². The fraction of sp³-hybridized carbons (Fsp3) is 0.517. The molecule has 22 heteroatoms. The molecule has 4 aromatic carbocycles. The summed E-state index contributed by atoms with van der Waals surface area (Å²) in [7, 11) is -13.0. The summed E-state index contributed by atoms with van der Waals surface area (Å²) in [6.07, 6.45) is 2.81. The van der Waals surface area contributed by atoms with Gasteiger partial charge in [-0.1, -0.05) is 75.2 Å². The maximum atomic E-state index is 14.4. The molecule has 0 radical (unpaired) electrons. The molecule has 80 heavy (non-hydrogen) atoms. The fourth-order valence-electron chi connectivity index (χ4n) is 9.74. The first-order valence-corrected chi connectivity index (χ1v) is 34.4. The highest BCUT2D eigenvalue weighted by Crippen LogP contribution is 2.46. The first-order valence-electron chi connectivity index (χ1n) is 27.2. The van der Waals surface area contributed by atoms with E-state index in [0.717, 1.165) is 61.6 Å². The van der Waals surface area contributed by atoms with E-state index in [-0.39, 0.29) is 16.0 Å². The summed E-state index contributed by atoms with van der Waals surface area (Å²) in [5.74, 6) is -0.745. The van der Waals surface area contributed by atoms with Crippen LogP contribution in [-0.2, 0) is 29.0 Å². The number of carbonyl (C=O) groups excluding carboxylic acids is 2. The van der Waals surface area contributed by atoms with Crippen molar-refractivity contribution in [3.63, 3.8) is 0 Å². The summed E-state index contributed by atoms with van der Waals surface area (Å²) in [5.41, 5.74) is -2.15. The molecule has 2 fully saturated rings. The topological polar surface area (TPSA) is 158 Å². The number of hydrogen-bond acceptors (Lipinski definition) is 13. The summed E-state index contributed by atoms with van der Waals surface area (Å²) < 4.78 is 112. The van der Waals surface area contributed by atoms with E-state index in [1.54, 1.807) is 37.8 Å². The monoisotopic (exact) mass is 1200 g/mol. The van der Waals surface area contributed by atoms with Gasteiger partial charge in [0.05, 0.1) is 10.6 Å². The highest BCUT2D eigenvalue weighted by Gasteiger charge is 2.49. The van der Waals surface area contributed by atoms with Crippen LogP contribution in [0.1, 0.15) is 90.1 Å². The standard InChI is InChI=1S/C58H78ClF3N6O8S3Si/c1-55(2,3)76-54(70)68-35-29-65(30-36-68)28-26-46(40-77-48-13-11-10-12-14-48)63-51-24-23-49(37-52(51)78(71,72)58(60,61)62)79(73,74)64-53(69)43-17-21-47(22-18-43)67-33-31-66(32-34-67)39-44-38-57(7,41-75-80(8,9)56(4,5)6)27-25-50(44)42-15-19-45(59)20-16-42/h10-24,37,46,63H,25-36,38-41H2,1-9H3,(H,64,69)/t46-,57-/m1/s1. The summed E-state index contributed by atoms with van der Waals surface area (Å²) in [4.78, 5) is 33.3. The smallest absolute Gasteiger partial charge is 0.444 e. The second-order valence-electron chi connectivity index (χ2n) is 24.0. The number of piperazine rings is 2. The van der Waals surface area contributed by atoms with Crippen LogP contribution in [-0.4, -0.2) is 147 Å². The molecule has 2 N–H and O–H groups in total. The van der Waals surface area contributed by atoms with Crippen LogP contribution >= 0.6 is 23.4 Å². The molecule has 14 nitrogen and oxygen atoms in total. The molecule has 7 rings (SSSR count). The van der Waals surface area contributed by atoms with Crippen molar-refractivity contribution in [1.29, 1.82) is 0 Å². The minimum atomic E-state index is -6.13. The number of nitrogens with one attached hydrogen (secondary N) is 2. The molecule has 2 aliphatic heterocycles. The van der Waals surface area contributed by atoms with Crippen molar-refractivity contribution in [3.8, 4) is 0 Å². The van der Waals surface area contributed by atoms with E-state index in [2.05, 4.69) is 72.9 Å². The Balaban J connectivity index is 1.01. The molecule has 438 valence electrons. The van der Waals surface area contributed by atoms with Gasteiger partial charge in [0.25, 0.3) is 25.8 Å². The van der Waals surface area contributed by atoms with Crippen LogP contribution in [0.2, 0.25) is 23.2 Å². The quantitative estimate of drug-likeness (QED) is 0.0676. The summed E-state index contributed by atoms with van der Waals surface area (Å²) in [5, 5.41) is 3.81. The van der Waals surface area contributed by atoms with Crippen molar-refractivity contribution in [1.82, 2.24) is 19.4 Å². The van der Waals surface area contributed by atoms with E-state index in [0.29, 0.717) is 75.7 Å². The van der Waals surface area contributed by atoms with Gasteiger partial charge in [-0.3, -0.25) is 14.6 Å². The molecule has 3 aliphatic rings. The number of thioether (sulfide) groups is 1. The molecule has 1 aliphatic carbocycles. The normalized spacial score (nSPS) is 19.0. The van der Waals surface area contributed by atoms with Crippen LogP contribution < -0.4 is 14.9 Å². The molecular formula is C58H78ClF3N6O8S3Si. The van der Waals surface area contributed by atoms with E-state index in [9.17, 15) is 39.6 Å². The number of amides is 2. The van der Waals surface area contributed by atoms with Crippen LogP contribution in [0.5, 0.6) is 0 Å². The van der Waals surface area contributed by atoms with E-state index >= 15 is 0 Å². The van der Waals surface area contributed by atoms with Crippen LogP contribution in [0, 0.1) is 5.41 Å². The van der Waals surface area contributed by atoms with Crippen molar-refractivity contribution in [2.24, 2.45) is 5.41 Å². The Morgan fingerprint density at radius 1 is 0.812 bits per heavy atom. The number of nitrogens with zero attached hydrogens (tertiary/aromatic N) is 4. The first kappa shape index (κ1) is 63.0. The van der Waals surface area contributed by atoms with E-state index < -0.39 is 72.8 Å². The van der Waals surface area contributed by atoms with Gasteiger partial charge in [-0.25, -0.2) is 26.4 Å². The zero-order valence-electron chi connectivity index (χ0n) is 47.4. The number of carbonyl (C=O) groups is 2. The zero-order valence-corrected chi connectivity index (χ0v) is 51.6. The SMILES string of the molecule is CC(C)(C)OC(=O)N1CCN(CC[C@H](CSc2ccccc2)Nc2ccc(S(=O)(=O)NC(=O)c3ccc(N4CCN(CC5=C(c6ccc(Cl)cc6)CC[C@@](C)(CO[Si](C)(C)C(C)(C)C)C5)CC4)cc3)cc2S(=O)(=O)C(F)(F)F)CC1. The molecule has 0 saturated carbocycles. The molecule has 0 bridgehead atoms. The third-order valence-corrected chi connectivity index (χ3v) is 24.3.